The summed E-state index contributed by atoms with van der Waals surface area (Å²) in [6.07, 6.45) is 3.74. The molecule has 2 aromatic rings. The summed E-state index contributed by atoms with van der Waals surface area (Å²) in [6.45, 7) is 4.73. The van der Waals surface area contributed by atoms with Crippen LogP contribution in [0.15, 0.2) is 48.5 Å². The third kappa shape index (κ3) is 4.49. The molecule has 1 saturated heterocycles. The second kappa shape index (κ2) is 8.30. The van der Waals surface area contributed by atoms with E-state index in [9.17, 15) is 4.79 Å². The number of hydrogen-bond acceptors (Lipinski definition) is 3. The first-order valence-electron chi connectivity index (χ1n) is 9.18. The molecule has 0 aromatic heterocycles. The maximum atomic E-state index is 12.2. The number of epoxide rings is 1. The number of carbonyl (C=O) groups excluding carboxylic acids is 1. The van der Waals surface area contributed by atoms with Crippen molar-refractivity contribution in [3.63, 3.8) is 0 Å². The highest BCUT2D eigenvalue weighted by Crippen LogP contribution is 2.44. The Bertz CT molecular complexity index is 708. The van der Waals surface area contributed by atoms with Gasteiger partial charge in [0, 0.05) is 0 Å². The van der Waals surface area contributed by atoms with Crippen molar-refractivity contribution in [2.45, 2.75) is 51.7 Å². The predicted molar refractivity (Wildman–Crippen MR) is 99.3 cm³/mol. The zero-order valence-corrected chi connectivity index (χ0v) is 15.0. The maximum Gasteiger partial charge on any atom is 0.338 e. The zero-order chi connectivity index (χ0) is 17.6. The molecule has 3 heteroatoms. The molecule has 2 aromatic carbocycles. The van der Waals surface area contributed by atoms with Gasteiger partial charge in [0.25, 0.3) is 0 Å². The van der Waals surface area contributed by atoms with Crippen LogP contribution in [0.5, 0.6) is 0 Å². The largest absolute Gasteiger partial charge is 0.464 e. The molecule has 0 N–H and O–H groups in total. The van der Waals surface area contributed by atoms with Gasteiger partial charge in [0.05, 0.1) is 6.61 Å². The highest BCUT2D eigenvalue weighted by molar-refractivity contribution is 5.80. The fourth-order valence-electron chi connectivity index (χ4n) is 3.10. The third-order valence-corrected chi connectivity index (χ3v) is 4.57. The molecule has 0 saturated carbocycles. The van der Waals surface area contributed by atoms with Crippen LogP contribution in [0.4, 0.5) is 0 Å². The van der Waals surface area contributed by atoms with Gasteiger partial charge in [-0.25, -0.2) is 4.79 Å². The Morgan fingerprint density at radius 2 is 1.88 bits per heavy atom. The molecule has 3 rings (SSSR count). The summed E-state index contributed by atoms with van der Waals surface area (Å²) in [5, 5.41) is 0. The lowest BCUT2D eigenvalue weighted by Gasteiger charge is -2.09. The first-order valence-corrected chi connectivity index (χ1v) is 9.18. The van der Waals surface area contributed by atoms with E-state index in [1.807, 2.05) is 18.2 Å². The van der Waals surface area contributed by atoms with E-state index >= 15 is 0 Å². The average molecular weight is 338 g/mol. The molecular formula is C22H26O3. The van der Waals surface area contributed by atoms with Crippen LogP contribution in [-0.4, -0.2) is 18.7 Å². The number of rotatable bonds is 8. The van der Waals surface area contributed by atoms with Gasteiger partial charge in [-0.05, 0) is 30.0 Å². The fourth-order valence-corrected chi connectivity index (χ4v) is 3.10. The van der Waals surface area contributed by atoms with Gasteiger partial charge in [-0.2, -0.15) is 0 Å². The van der Waals surface area contributed by atoms with Gasteiger partial charge in [0.2, 0.25) is 0 Å². The van der Waals surface area contributed by atoms with Crippen molar-refractivity contribution < 1.29 is 14.3 Å². The smallest absolute Gasteiger partial charge is 0.338 e. The summed E-state index contributed by atoms with van der Waals surface area (Å²) in [5.41, 5.74) is 4.52. The van der Waals surface area contributed by atoms with Gasteiger partial charge in [0.15, 0.2) is 6.10 Å². The van der Waals surface area contributed by atoms with Gasteiger partial charge in [-0.3, -0.25) is 0 Å². The van der Waals surface area contributed by atoms with Crippen molar-refractivity contribution in [2.75, 3.05) is 6.61 Å². The number of ether oxygens (including phenoxy) is 2. The lowest BCUT2D eigenvalue weighted by atomic mass is 9.95. The Labute approximate surface area is 150 Å². The minimum absolute atomic E-state index is 0.195. The van der Waals surface area contributed by atoms with Crippen molar-refractivity contribution in [1.82, 2.24) is 0 Å². The topological polar surface area (TPSA) is 38.8 Å². The van der Waals surface area contributed by atoms with Gasteiger partial charge in [0.1, 0.15) is 6.10 Å². The number of aryl methyl sites for hydroxylation is 1. The Balaban J connectivity index is 1.65. The molecule has 1 heterocycles. The Hall–Kier alpha value is -2.13. The highest BCUT2D eigenvalue weighted by Gasteiger charge is 2.48. The second-order valence-electron chi connectivity index (χ2n) is 6.66. The molecule has 0 radical (unpaired) electrons. The van der Waals surface area contributed by atoms with Crippen LogP contribution in [0.1, 0.15) is 49.8 Å². The Morgan fingerprint density at radius 1 is 1.08 bits per heavy atom. The molecule has 2 atom stereocenters. The normalized spacial score (nSPS) is 18.8. The van der Waals surface area contributed by atoms with Crippen molar-refractivity contribution in [1.29, 1.82) is 0 Å². The molecule has 2 unspecified atom stereocenters. The van der Waals surface area contributed by atoms with Gasteiger partial charge < -0.3 is 9.47 Å². The molecule has 0 aliphatic carbocycles. The monoisotopic (exact) mass is 338 g/mol. The molecule has 1 aliphatic heterocycles. The van der Waals surface area contributed by atoms with Crippen molar-refractivity contribution in [3.05, 3.63) is 59.7 Å². The highest BCUT2D eigenvalue weighted by atomic mass is 16.6. The van der Waals surface area contributed by atoms with E-state index in [1.54, 1.807) is 0 Å². The van der Waals surface area contributed by atoms with Crippen LogP contribution >= 0.6 is 0 Å². The number of hydrogen-bond donors (Lipinski definition) is 0. The molecule has 132 valence electrons. The van der Waals surface area contributed by atoms with E-state index in [0.717, 1.165) is 29.5 Å². The van der Waals surface area contributed by atoms with Gasteiger partial charge >= 0.3 is 5.97 Å². The van der Waals surface area contributed by atoms with E-state index in [2.05, 4.69) is 44.2 Å². The molecule has 0 spiro atoms. The summed E-state index contributed by atoms with van der Waals surface area (Å²) < 4.78 is 11.0. The number of carbonyl (C=O) groups is 1. The zero-order valence-electron chi connectivity index (χ0n) is 15.0. The summed E-state index contributed by atoms with van der Waals surface area (Å²) in [5.74, 6) is -0.235. The second-order valence-corrected chi connectivity index (χ2v) is 6.66. The number of esters is 1. The fraction of sp³-hybridized carbons (Fsp3) is 0.409. The van der Waals surface area contributed by atoms with Crippen LogP contribution < -0.4 is 0 Å². The Morgan fingerprint density at radius 3 is 2.64 bits per heavy atom. The van der Waals surface area contributed by atoms with Gasteiger partial charge in [-0.15, -0.1) is 0 Å². The molecular weight excluding hydrogens is 312 g/mol. The lowest BCUT2D eigenvalue weighted by molar-refractivity contribution is -0.145. The predicted octanol–water partition coefficient (Wildman–Crippen LogP) is 5.23. The minimum atomic E-state index is -0.462. The molecule has 3 nitrogen and oxygen atoms in total. The van der Waals surface area contributed by atoms with Crippen LogP contribution in [0.25, 0.3) is 11.1 Å². The molecule has 0 bridgehead atoms. The van der Waals surface area contributed by atoms with Crippen molar-refractivity contribution in [3.8, 4) is 11.1 Å². The van der Waals surface area contributed by atoms with Crippen LogP contribution in [0, 0.1) is 6.92 Å². The van der Waals surface area contributed by atoms with E-state index in [1.165, 1.54) is 18.4 Å². The quantitative estimate of drug-likeness (QED) is 0.376. The van der Waals surface area contributed by atoms with E-state index in [4.69, 9.17) is 9.47 Å². The summed E-state index contributed by atoms with van der Waals surface area (Å²) in [6, 6.07) is 16.5. The van der Waals surface area contributed by atoms with E-state index in [-0.39, 0.29) is 12.1 Å². The number of unbranched alkanes of at least 4 members (excludes halogenated alkanes) is 3. The van der Waals surface area contributed by atoms with Crippen molar-refractivity contribution in [2.24, 2.45) is 0 Å². The standard InChI is InChI=1S/C22H26O3/c1-3-4-5-9-14-24-22(23)21-20(25-21)18-13-12-16(2)15-19(18)17-10-7-6-8-11-17/h6-8,10-13,15,20-21H,3-5,9,14H2,1-2H3. The average Bonchev–Trinajstić information content (AvgIpc) is 3.43. The first-order chi connectivity index (χ1) is 12.2. The lowest BCUT2D eigenvalue weighted by Crippen LogP contribution is -2.13. The first kappa shape index (κ1) is 17.7. The molecule has 1 aliphatic rings. The van der Waals surface area contributed by atoms with Crippen LogP contribution in [0.3, 0.4) is 0 Å². The maximum absolute atomic E-state index is 12.2. The molecule has 1 fully saturated rings. The van der Waals surface area contributed by atoms with Crippen LogP contribution in [0.2, 0.25) is 0 Å². The van der Waals surface area contributed by atoms with Crippen LogP contribution in [-0.2, 0) is 14.3 Å². The van der Waals surface area contributed by atoms with E-state index < -0.39 is 6.10 Å². The number of benzene rings is 2. The van der Waals surface area contributed by atoms with E-state index in [0.29, 0.717) is 6.61 Å². The van der Waals surface area contributed by atoms with Crippen molar-refractivity contribution >= 4 is 5.97 Å². The van der Waals surface area contributed by atoms with Gasteiger partial charge in [-0.1, -0.05) is 80.3 Å². The SMILES string of the molecule is CCCCCCOC(=O)C1OC1c1ccc(C)cc1-c1ccccc1. The summed E-state index contributed by atoms with van der Waals surface area (Å²) >= 11 is 0. The molecule has 25 heavy (non-hydrogen) atoms. The Kier molecular flexibility index (Phi) is 5.87. The summed E-state index contributed by atoms with van der Waals surface area (Å²) in [7, 11) is 0. The summed E-state index contributed by atoms with van der Waals surface area (Å²) in [4.78, 5) is 12.2. The molecule has 0 amide bonds. The minimum Gasteiger partial charge on any atom is -0.464 e. The third-order valence-electron chi connectivity index (χ3n) is 4.57.